The van der Waals surface area contributed by atoms with Crippen LogP contribution in [0.5, 0.6) is 0 Å². The van der Waals surface area contributed by atoms with Crippen LogP contribution in [0.15, 0.2) is 85.1 Å². The average molecular weight is 490 g/mol. The van der Waals surface area contributed by atoms with E-state index in [4.69, 9.17) is 23.2 Å². The molecular weight excluding hydrogens is 469 g/mol. The van der Waals surface area contributed by atoms with Crippen LogP contribution in [-0.4, -0.2) is 23.4 Å². The number of hydrogen-bond acceptors (Lipinski definition) is 2. The summed E-state index contributed by atoms with van der Waals surface area (Å²) in [7, 11) is 1.66. The van der Waals surface area contributed by atoms with Gasteiger partial charge in [-0.25, -0.2) is 0 Å². The summed E-state index contributed by atoms with van der Waals surface area (Å²) in [5.74, 6) is -0.380. The molecule has 0 atom stereocenters. The number of benzene rings is 3. The third-order valence-corrected chi connectivity index (χ3v) is 6.64. The van der Waals surface area contributed by atoms with Crippen LogP contribution in [0.25, 0.3) is 0 Å². The summed E-state index contributed by atoms with van der Waals surface area (Å²) in [6.07, 6.45) is 2.04. The SMILES string of the molecule is CN(C(=O)c1cc(Cl)ccc1Cl)c1ccc(C(=O)N2Cc3cccn3Cc3ccccc32)cc1. The molecule has 170 valence electrons. The van der Waals surface area contributed by atoms with E-state index in [2.05, 4.69) is 10.6 Å². The molecule has 34 heavy (non-hydrogen) atoms. The molecule has 2 amide bonds. The Balaban J connectivity index is 1.42. The lowest BCUT2D eigenvalue weighted by molar-refractivity contribution is 0.0981. The van der Waals surface area contributed by atoms with Gasteiger partial charge in [-0.1, -0.05) is 41.4 Å². The van der Waals surface area contributed by atoms with Crippen LogP contribution in [0.2, 0.25) is 10.0 Å². The van der Waals surface area contributed by atoms with E-state index in [1.165, 1.54) is 4.90 Å². The highest BCUT2D eigenvalue weighted by atomic mass is 35.5. The zero-order valence-corrected chi connectivity index (χ0v) is 19.9. The first-order valence-corrected chi connectivity index (χ1v) is 11.5. The van der Waals surface area contributed by atoms with Gasteiger partial charge in [-0.2, -0.15) is 0 Å². The molecule has 4 aromatic rings. The molecule has 5 rings (SSSR count). The minimum absolute atomic E-state index is 0.0967. The van der Waals surface area contributed by atoms with Gasteiger partial charge in [0.15, 0.2) is 0 Å². The molecule has 0 N–H and O–H groups in total. The van der Waals surface area contributed by atoms with Crippen LogP contribution in [0, 0.1) is 0 Å². The summed E-state index contributed by atoms with van der Waals surface area (Å²) in [6, 6.07) is 23.8. The van der Waals surface area contributed by atoms with Gasteiger partial charge in [-0.05, 0) is 66.2 Å². The molecule has 0 spiro atoms. The number of para-hydroxylation sites is 1. The van der Waals surface area contributed by atoms with Crippen molar-refractivity contribution < 1.29 is 9.59 Å². The van der Waals surface area contributed by atoms with Gasteiger partial charge in [0.25, 0.3) is 11.8 Å². The van der Waals surface area contributed by atoms with Gasteiger partial charge in [-0.3, -0.25) is 9.59 Å². The van der Waals surface area contributed by atoms with Gasteiger partial charge < -0.3 is 14.4 Å². The topological polar surface area (TPSA) is 45.6 Å². The van der Waals surface area contributed by atoms with E-state index in [0.717, 1.165) is 23.5 Å². The fraction of sp³-hybridized carbons (Fsp3) is 0.111. The van der Waals surface area contributed by atoms with Gasteiger partial charge in [-0.15, -0.1) is 0 Å². The Morgan fingerprint density at radius 2 is 1.65 bits per heavy atom. The standard InChI is InChI=1S/C27H21Cl2N3O2/c1-30(27(34)23-15-20(28)10-13-24(23)29)21-11-8-18(9-12-21)26(33)32-17-22-6-4-14-31(22)16-19-5-2-3-7-25(19)32/h2-15H,16-17H2,1H3. The monoisotopic (exact) mass is 489 g/mol. The maximum Gasteiger partial charge on any atom is 0.259 e. The molecule has 0 radical (unpaired) electrons. The number of nitrogens with zero attached hydrogens (tertiary/aromatic N) is 3. The van der Waals surface area contributed by atoms with Gasteiger partial charge >= 0.3 is 0 Å². The first-order valence-electron chi connectivity index (χ1n) is 10.8. The summed E-state index contributed by atoms with van der Waals surface area (Å²) in [5.41, 5.74) is 4.57. The van der Waals surface area contributed by atoms with Crippen molar-refractivity contribution in [2.45, 2.75) is 13.1 Å². The smallest absolute Gasteiger partial charge is 0.259 e. The van der Waals surface area contributed by atoms with Crippen LogP contribution >= 0.6 is 23.2 Å². The number of amides is 2. The summed E-state index contributed by atoms with van der Waals surface area (Å²) in [5, 5.41) is 0.767. The largest absolute Gasteiger partial charge is 0.345 e. The van der Waals surface area contributed by atoms with Crippen LogP contribution in [0.3, 0.4) is 0 Å². The molecule has 0 aliphatic carbocycles. The van der Waals surface area contributed by atoms with E-state index in [0.29, 0.717) is 33.4 Å². The Morgan fingerprint density at radius 1 is 0.882 bits per heavy atom. The van der Waals surface area contributed by atoms with Gasteiger partial charge in [0, 0.05) is 47.4 Å². The highest BCUT2D eigenvalue weighted by Gasteiger charge is 2.25. The summed E-state index contributed by atoms with van der Waals surface area (Å²) in [6.45, 7) is 1.20. The second kappa shape index (κ2) is 9.01. The van der Waals surface area contributed by atoms with Gasteiger partial charge in [0.2, 0.25) is 0 Å². The molecule has 7 heteroatoms. The summed E-state index contributed by atoms with van der Waals surface area (Å²) < 4.78 is 2.16. The van der Waals surface area contributed by atoms with Crippen molar-refractivity contribution in [2.24, 2.45) is 0 Å². The van der Waals surface area contributed by atoms with Crippen molar-refractivity contribution in [2.75, 3.05) is 16.8 Å². The Hall–Kier alpha value is -3.54. The summed E-state index contributed by atoms with van der Waals surface area (Å²) >= 11 is 12.2. The predicted molar refractivity (Wildman–Crippen MR) is 136 cm³/mol. The molecule has 3 aromatic carbocycles. The molecule has 1 aliphatic rings. The van der Waals surface area contributed by atoms with Crippen LogP contribution in [-0.2, 0) is 13.1 Å². The number of anilines is 2. The molecular formula is C27H21Cl2N3O2. The zero-order valence-electron chi connectivity index (χ0n) is 18.4. The Labute approximate surface area is 207 Å². The van der Waals surface area contributed by atoms with Crippen molar-refractivity contribution in [1.82, 2.24) is 4.57 Å². The lowest BCUT2D eigenvalue weighted by Crippen LogP contribution is -2.31. The predicted octanol–water partition coefficient (Wildman–Crippen LogP) is 6.28. The summed E-state index contributed by atoms with van der Waals surface area (Å²) in [4.78, 5) is 29.8. The Bertz CT molecular complexity index is 1400. The van der Waals surface area contributed by atoms with Crippen LogP contribution < -0.4 is 9.80 Å². The number of aromatic nitrogens is 1. The van der Waals surface area contributed by atoms with Crippen LogP contribution in [0.1, 0.15) is 32.0 Å². The quantitative estimate of drug-likeness (QED) is 0.339. The van der Waals surface area contributed by atoms with Crippen molar-refractivity contribution in [3.8, 4) is 0 Å². The van der Waals surface area contributed by atoms with E-state index in [1.807, 2.05) is 41.4 Å². The second-order valence-electron chi connectivity index (χ2n) is 8.18. The normalized spacial score (nSPS) is 12.5. The first-order chi connectivity index (χ1) is 16.4. The van der Waals surface area contributed by atoms with E-state index in [9.17, 15) is 9.59 Å². The molecule has 1 aromatic heterocycles. The lowest BCUT2D eigenvalue weighted by Gasteiger charge is -2.23. The molecule has 1 aliphatic heterocycles. The van der Waals surface area contributed by atoms with Gasteiger partial charge in [0.05, 0.1) is 17.1 Å². The Morgan fingerprint density at radius 3 is 2.44 bits per heavy atom. The maximum atomic E-state index is 13.6. The van der Waals surface area contributed by atoms with Crippen molar-refractivity contribution >= 4 is 46.4 Å². The average Bonchev–Trinajstić information content (AvgIpc) is 3.23. The van der Waals surface area contributed by atoms with Gasteiger partial charge in [0.1, 0.15) is 0 Å². The molecule has 0 saturated carbocycles. The second-order valence-corrected chi connectivity index (χ2v) is 9.03. The molecule has 0 fully saturated rings. The number of carbonyl (C=O) groups excluding carboxylic acids is 2. The van der Waals surface area contributed by atoms with E-state index >= 15 is 0 Å². The van der Waals surface area contributed by atoms with E-state index < -0.39 is 0 Å². The van der Waals surface area contributed by atoms with E-state index in [1.54, 1.807) is 49.5 Å². The molecule has 0 unspecified atom stereocenters. The highest BCUT2D eigenvalue weighted by molar-refractivity contribution is 6.36. The minimum Gasteiger partial charge on any atom is -0.345 e. The fourth-order valence-corrected chi connectivity index (χ4v) is 4.58. The zero-order chi connectivity index (χ0) is 23.8. The minimum atomic E-state index is -0.284. The third-order valence-electron chi connectivity index (χ3n) is 6.08. The van der Waals surface area contributed by atoms with Crippen LogP contribution in [0.4, 0.5) is 11.4 Å². The number of halogens is 2. The van der Waals surface area contributed by atoms with Crippen molar-refractivity contribution in [3.05, 3.63) is 117 Å². The first kappa shape index (κ1) is 22.3. The fourth-order valence-electron chi connectivity index (χ4n) is 4.21. The number of carbonyl (C=O) groups is 2. The lowest BCUT2D eigenvalue weighted by atomic mass is 10.1. The maximum absolute atomic E-state index is 13.6. The molecule has 0 saturated heterocycles. The number of hydrogen-bond donors (Lipinski definition) is 0. The van der Waals surface area contributed by atoms with E-state index in [-0.39, 0.29) is 11.8 Å². The highest BCUT2D eigenvalue weighted by Crippen LogP contribution is 2.30. The molecule has 5 nitrogen and oxygen atoms in total. The molecule has 2 heterocycles. The number of fused-ring (bicyclic) bond motifs is 2. The van der Waals surface area contributed by atoms with Crippen molar-refractivity contribution in [3.63, 3.8) is 0 Å². The van der Waals surface area contributed by atoms with Crippen molar-refractivity contribution in [1.29, 1.82) is 0 Å². The number of rotatable bonds is 3. The molecule has 0 bridgehead atoms. The third kappa shape index (κ3) is 4.09. The Kier molecular flexibility index (Phi) is 5.90.